The summed E-state index contributed by atoms with van der Waals surface area (Å²) in [6.07, 6.45) is 7.39. The average molecular weight is 723 g/mol. The van der Waals surface area contributed by atoms with Gasteiger partial charge in [0.25, 0.3) is 0 Å². The molecule has 246 valence electrons. The molecule has 50 heavy (non-hydrogen) atoms. The van der Waals surface area contributed by atoms with Crippen LogP contribution in [-0.2, 0) is 23.6 Å². The van der Waals surface area contributed by atoms with Crippen molar-refractivity contribution >= 4 is 86.0 Å². The SMILES string of the molecule is Oc1c(P(=S)(c2ccccc2)c2ccccc2)cc2c(c1C1=c3ccccc3=CC(P(=S)(c3ccccc3)c3ccccc3)C1O)=CCCC=2. The molecule has 0 aliphatic heterocycles. The molecule has 2 aliphatic carbocycles. The van der Waals surface area contributed by atoms with E-state index >= 15 is 0 Å². The van der Waals surface area contributed by atoms with Crippen LogP contribution in [0.2, 0.25) is 0 Å². The van der Waals surface area contributed by atoms with Gasteiger partial charge >= 0.3 is 0 Å². The minimum atomic E-state index is -2.75. The zero-order valence-corrected chi connectivity index (χ0v) is 30.8. The van der Waals surface area contributed by atoms with Gasteiger partial charge in [-0.25, -0.2) is 0 Å². The van der Waals surface area contributed by atoms with Crippen molar-refractivity contribution in [3.63, 3.8) is 0 Å². The van der Waals surface area contributed by atoms with E-state index in [1.165, 1.54) is 0 Å². The Labute approximate surface area is 303 Å². The van der Waals surface area contributed by atoms with Gasteiger partial charge in [0, 0.05) is 34.2 Å². The molecule has 0 fully saturated rings. The van der Waals surface area contributed by atoms with E-state index in [0.29, 0.717) is 11.1 Å². The monoisotopic (exact) mass is 722 g/mol. The molecule has 0 spiro atoms. The second kappa shape index (κ2) is 13.5. The summed E-state index contributed by atoms with van der Waals surface area (Å²) < 4.78 is 0. The lowest BCUT2D eigenvalue weighted by Crippen LogP contribution is -2.47. The molecule has 0 heterocycles. The van der Waals surface area contributed by atoms with Crippen LogP contribution in [0.3, 0.4) is 0 Å². The molecule has 2 atom stereocenters. The van der Waals surface area contributed by atoms with Crippen LogP contribution < -0.4 is 47.4 Å². The number of hydrogen-bond donors (Lipinski definition) is 2. The summed E-state index contributed by atoms with van der Waals surface area (Å²) in [7, 11) is 0. The van der Waals surface area contributed by atoms with E-state index in [9.17, 15) is 10.2 Å². The van der Waals surface area contributed by atoms with E-state index in [-0.39, 0.29) is 5.75 Å². The fourth-order valence-electron chi connectivity index (χ4n) is 7.64. The number of phenolic OH excluding ortho intramolecular Hbond substituents is 1. The molecule has 0 aromatic heterocycles. The highest BCUT2D eigenvalue weighted by Crippen LogP contribution is 2.53. The molecule has 0 saturated heterocycles. The van der Waals surface area contributed by atoms with Gasteiger partial charge in [0.2, 0.25) is 0 Å². The molecule has 0 radical (unpaired) electrons. The Balaban J connectivity index is 1.46. The zero-order chi connectivity index (χ0) is 34.3. The average Bonchev–Trinajstić information content (AvgIpc) is 3.18. The third kappa shape index (κ3) is 5.43. The van der Waals surface area contributed by atoms with Gasteiger partial charge < -0.3 is 10.2 Å². The molecular formula is C44H36O2P2S2. The number of aromatic hydroxyl groups is 1. The van der Waals surface area contributed by atoms with E-state index < -0.39 is 23.8 Å². The molecule has 8 rings (SSSR count). The van der Waals surface area contributed by atoms with Crippen molar-refractivity contribution in [1.29, 1.82) is 0 Å². The van der Waals surface area contributed by atoms with Gasteiger partial charge in [-0.05, 0) is 61.0 Å². The first kappa shape index (κ1) is 33.0. The van der Waals surface area contributed by atoms with Gasteiger partial charge in [-0.3, -0.25) is 0 Å². The van der Waals surface area contributed by atoms with Crippen LogP contribution in [0, 0.1) is 0 Å². The molecule has 2 unspecified atom stereocenters. The number of aliphatic hydroxyl groups excluding tert-OH is 1. The zero-order valence-electron chi connectivity index (χ0n) is 27.3. The normalized spacial score (nSPS) is 17.0. The summed E-state index contributed by atoms with van der Waals surface area (Å²) in [6, 6.07) is 45.9. The van der Waals surface area contributed by atoms with Gasteiger partial charge in [-0.2, -0.15) is 0 Å². The van der Waals surface area contributed by atoms with Gasteiger partial charge in [0.05, 0.1) is 6.10 Å². The van der Waals surface area contributed by atoms with Crippen LogP contribution in [0.5, 0.6) is 5.75 Å². The van der Waals surface area contributed by atoms with Crippen molar-refractivity contribution in [3.8, 4) is 5.75 Å². The van der Waals surface area contributed by atoms with Gasteiger partial charge in [0.1, 0.15) is 5.75 Å². The van der Waals surface area contributed by atoms with Crippen LogP contribution in [0.25, 0.3) is 23.8 Å². The summed E-state index contributed by atoms with van der Waals surface area (Å²) in [4.78, 5) is 0. The fraction of sp³-hybridized carbons (Fsp3) is 0.0909. The first-order valence-corrected chi connectivity index (χ1v) is 22.6. The molecule has 0 amide bonds. The summed E-state index contributed by atoms with van der Waals surface area (Å²) in [5.41, 5.74) is 0.944. The van der Waals surface area contributed by atoms with Crippen LogP contribution in [0.15, 0.2) is 152 Å². The Bertz CT molecular complexity index is 2490. The Hall–Kier alpha value is -4.14. The summed E-state index contributed by atoms with van der Waals surface area (Å²) >= 11 is 13.7. The Morgan fingerprint density at radius 3 is 1.60 bits per heavy atom. The molecule has 6 aromatic rings. The molecule has 2 nitrogen and oxygen atoms in total. The molecule has 6 aromatic carbocycles. The number of fused-ring (bicyclic) bond motifs is 2. The van der Waals surface area contributed by atoms with E-state index in [1.807, 2.05) is 84.9 Å². The van der Waals surface area contributed by atoms with Crippen LogP contribution in [0.4, 0.5) is 0 Å². The summed E-state index contributed by atoms with van der Waals surface area (Å²) in [5, 5.41) is 34.6. The lowest BCUT2D eigenvalue weighted by Gasteiger charge is -2.37. The Morgan fingerprint density at radius 2 is 1.04 bits per heavy atom. The number of rotatable bonds is 7. The lowest BCUT2D eigenvalue weighted by molar-refractivity contribution is 0.241. The lowest BCUT2D eigenvalue weighted by atomic mass is 9.87. The first-order valence-electron chi connectivity index (χ1n) is 16.9. The predicted molar refractivity (Wildman–Crippen MR) is 220 cm³/mol. The fourth-order valence-corrected chi connectivity index (χ4v) is 15.9. The Kier molecular flexibility index (Phi) is 8.94. The topological polar surface area (TPSA) is 40.5 Å². The van der Waals surface area contributed by atoms with Crippen molar-refractivity contribution in [1.82, 2.24) is 0 Å². The van der Waals surface area contributed by atoms with Crippen molar-refractivity contribution in [3.05, 3.63) is 178 Å². The smallest absolute Gasteiger partial charge is 0.132 e. The van der Waals surface area contributed by atoms with Crippen molar-refractivity contribution in [2.24, 2.45) is 0 Å². The highest BCUT2D eigenvalue weighted by Gasteiger charge is 2.41. The quantitative estimate of drug-likeness (QED) is 0.241. The molecule has 0 saturated carbocycles. The molecule has 2 N–H and O–H groups in total. The second-order valence-electron chi connectivity index (χ2n) is 12.8. The highest BCUT2D eigenvalue weighted by molar-refractivity contribution is 8.25. The van der Waals surface area contributed by atoms with E-state index in [4.69, 9.17) is 23.6 Å². The number of phenols is 1. The second-order valence-corrected chi connectivity index (χ2v) is 21.9. The van der Waals surface area contributed by atoms with Crippen molar-refractivity contribution < 1.29 is 10.2 Å². The molecular weight excluding hydrogens is 687 g/mol. The van der Waals surface area contributed by atoms with E-state index in [0.717, 1.165) is 60.2 Å². The molecule has 2 aliphatic rings. The third-order valence-corrected chi connectivity index (χ3v) is 20.3. The largest absolute Gasteiger partial charge is 0.507 e. The third-order valence-electron chi connectivity index (χ3n) is 10.00. The maximum absolute atomic E-state index is 13.0. The molecule has 6 heteroatoms. The standard InChI is InChI=1S/C44H36O2P2S2/c45-43-39(47(49,33-19-5-1-6-20-33)34-21-7-2-8-22-34)29-31-17-13-15-27-37(31)41(43)42-38-28-16-14-18-32(38)30-40(44(42)46)48(50,35-23-9-3-10-24-35)36-25-11-4-12-26-36/h1-13,15,17-30,39,43,45-46H,14,16H2. The maximum atomic E-state index is 13.0. The summed E-state index contributed by atoms with van der Waals surface area (Å²) in [5.74, 6) is 0.142. The number of aliphatic hydroxyl groups is 1. The van der Waals surface area contributed by atoms with E-state index in [1.54, 1.807) is 0 Å². The van der Waals surface area contributed by atoms with Crippen molar-refractivity contribution in [2.45, 2.75) is 24.6 Å². The predicted octanol–water partition coefficient (Wildman–Crippen LogP) is 4.36. The van der Waals surface area contributed by atoms with Crippen LogP contribution in [0.1, 0.15) is 18.4 Å². The van der Waals surface area contributed by atoms with Crippen LogP contribution in [-0.4, -0.2) is 22.0 Å². The molecule has 0 bridgehead atoms. The minimum Gasteiger partial charge on any atom is -0.507 e. The van der Waals surface area contributed by atoms with Crippen LogP contribution >= 0.6 is 12.1 Å². The number of hydrogen-bond acceptors (Lipinski definition) is 4. The number of benzene rings is 6. The maximum Gasteiger partial charge on any atom is 0.132 e. The van der Waals surface area contributed by atoms with Gasteiger partial charge in [-0.1, -0.05) is 187 Å². The minimum absolute atomic E-state index is 0.142. The van der Waals surface area contributed by atoms with Crippen molar-refractivity contribution in [2.75, 3.05) is 0 Å². The Morgan fingerprint density at radius 1 is 0.560 bits per heavy atom. The summed E-state index contributed by atoms with van der Waals surface area (Å²) in [6.45, 7) is 0. The first-order chi connectivity index (χ1) is 24.4. The highest BCUT2D eigenvalue weighted by atomic mass is 32.4. The van der Waals surface area contributed by atoms with Gasteiger partial charge in [0.15, 0.2) is 0 Å². The van der Waals surface area contributed by atoms with E-state index in [2.05, 4.69) is 85.0 Å². The van der Waals surface area contributed by atoms with Gasteiger partial charge in [-0.15, -0.1) is 0 Å².